The third-order valence-corrected chi connectivity index (χ3v) is 4.16. The molecule has 1 N–H and O–H groups in total. The number of hydrogen-bond donors (Lipinski definition) is 1. The molecular weight excluding hydrogens is 224 g/mol. The number of carbonyl (C=O) groups excluding carboxylic acids is 1. The Bertz CT molecular complexity index is 433. The lowest BCUT2D eigenvalue weighted by molar-refractivity contribution is -0.131. The molecule has 1 saturated heterocycles. The molecule has 18 heavy (non-hydrogen) atoms. The highest BCUT2D eigenvalue weighted by Crippen LogP contribution is 2.28. The Labute approximate surface area is 108 Å². The van der Waals surface area contributed by atoms with E-state index in [1.54, 1.807) is 0 Å². The minimum Gasteiger partial charge on any atom is -0.338 e. The van der Waals surface area contributed by atoms with Crippen molar-refractivity contribution in [3.05, 3.63) is 35.4 Å². The summed E-state index contributed by atoms with van der Waals surface area (Å²) in [7, 11) is 0. The van der Waals surface area contributed by atoms with E-state index in [-0.39, 0.29) is 6.04 Å². The zero-order chi connectivity index (χ0) is 12.5. The number of nitrogens with zero attached hydrogens (tertiary/aromatic N) is 1. The van der Waals surface area contributed by atoms with E-state index in [1.165, 1.54) is 11.1 Å². The van der Waals surface area contributed by atoms with Crippen LogP contribution in [0, 0.1) is 0 Å². The average molecular weight is 244 g/mol. The van der Waals surface area contributed by atoms with Gasteiger partial charge in [0.2, 0.25) is 5.91 Å². The third-order valence-electron chi connectivity index (χ3n) is 4.16. The summed E-state index contributed by atoms with van der Waals surface area (Å²) in [5.74, 6) is 0.301. The molecule has 1 amide bonds. The van der Waals surface area contributed by atoms with Crippen molar-refractivity contribution in [3.8, 4) is 0 Å². The number of rotatable bonds is 3. The van der Waals surface area contributed by atoms with Gasteiger partial charge in [0, 0.05) is 12.6 Å². The molecule has 1 aromatic carbocycles. The average Bonchev–Trinajstić information content (AvgIpc) is 2.94. The quantitative estimate of drug-likeness (QED) is 0.871. The fraction of sp³-hybridized carbons (Fsp3) is 0.533. The standard InChI is InChI=1S/C15H20N2O/c1-2-16-14-7-8-17(15(14)18)13-9-11-5-3-4-6-12(11)10-13/h3-6,13-14,16H,2,7-10H2,1H3. The van der Waals surface area contributed by atoms with Crippen LogP contribution in [0.15, 0.2) is 24.3 Å². The predicted octanol–water partition coefficient (Wildman–Crippen LogP) is 1.36. The van der Waals surface area contributed by atoms with Crippen molar-refractivity contribution in [2.45, 2.75) is 38.3 Å². The highest BCUT2D eigenvalue weighted by Gasteiger charge is 2.37. The number of hydrogen-bond acceptors (Lipinski definition) is 2. The summed E-state index contributed by atoms with van der Waals surface area (Å²) in [6, 6.07) is 9.01. The number of fused-ring (bicyclic) bond motifs is 1. The van der Waals surface area contributed by atoms with E-state index in [1.807, 2.05) is 0 Å². The lowest BCUT2D eigenvalue weighted by Crippen LogP contribution is -2.43. The van der Waals surface area contributed by atoms with Crippen molar-refractivity contribution in [2.24, 2.45) is 0 Å². The molecule has 1 atom stereocenters. The summed E-state index contributed by atoms with van der Waals surface area (Å²) in [6.07, 6.45) is 3.01. The van der Waals surface area contributed by atoms with E-state index in [0.29, 0.717) is 11.9 Å². The molecule has 3 nitrogen and oxygen atoms in total. The van der Waals surface area contributed by atoms with Crippen LogP contribution < -0.4 is 5.32 Å². The number of likely N-dealkylation sites (N-methyl/N-ethyl adjacent to an activating group) is 1. The predicted molar refractivity (Wildman–Crippen MR) is 71.4 cm³/mol. The van der Waals surface area contributed by atoms with Gasteiger partial charge in [-0.2, -0.15) is 0 Å². The van der Waals surface area contributed by atoms with Gasteiger partial charge in [-0.25, -0.2) is 0 Å². The molecule has 1 aliphatic heterocycles. The first kappa shape index (κ1) is 11.7. The van der Waals surface area contributed by atoms with Gasteiger partial charge in [-0.05, 0) is 36.9 Å². The number of benzene rings is 1. The molecule has 1 heterocycles. The van der Waals surface area contributed by atoms with E-state index in [0.717, 1.165) is 32.4 Å². The van der Waals surface area contributed by atoms with Gasteiger partial charge in [-0.15, -0.1) is 0 Å². The van der Waals surface area contributed by atoms with Crippen molar-refractivity contribution < 1.29 is 4.79 Å². The van der Waals surface area contributed by atoms with Crippen LogP contribution in [-0.2, 0) is 17.6 Å². The smallest absolute Gasteiger partial charge is 0.240 e. The van der Waals surface area contributed by atoms with E-state index in [2.05, 4.69) is 41.4 Å². The molecule has 3 heteroatoms. The van der Waals surface area contributed by atoms with Crippen LogP contribution in [0.2, 0.25) is 0 Å². The Kier molecular flexibility index (Phi) is 3.08. The number of nitrogens with one attached hydrogen (secondary N) is 1. The first-order valence-corrected chi connectivity index (χ1v) is 6.90. The van der Waals surface area contributed by atoms with Gasteiger partial charge < -0.3 is 10.2 Å². The second-order valence-electron chi connectivity index (χ2n) is 5.26. The van der Waals surface area contributed by atoms with Crippen molar-refractivity contribution in [1.29, 1.82) is 0 Å². The van der Waals surface area contributed by atoms with Gasteiger partial charge >= 0.3 is 0 Å². The summed E-state index contributed by atoms with van der Waals surface area (Å²) in [5, 5.41) is 3.28. The minimum atomic E-state index is 0.0544. The van der Waals surface area contributed by atoms with Gasteiger partial charge in [0.05, 0.1) is 6.04 Å². The number of carbonyl (C=O) groups is 1. The van der Waals surface area contributed by atoms with Crippen molar-refractivity contribution in [2.75, 3.05) is 13.1 Å². The van der Waals surface area contributed by atoms with Gasteiger partial charge in [0.1, 0.15) is 0 Å². The van der Waals surface area contributed by atoms with E-state index in [4.69, 9.17) is 0 Å². The first-order chi connectivity index (χ1) is 8.79. The van der Waals surface area contributed by atoms with E-state index >= 15 is 0 Å². The second kappa shape index (κ2) is 4.73. The molecule has 1 aliphatic carbocycles. The van der Waals surface area contributed by atoms with Crippen LogP contribution in [0.3, 0.4) is 0 Å². The van der Waals surface area contributed by atoms with Crippen LogP contribution in [0.5, 0.6) is 0 Å². The topological polar surface area (TPSA) is 32.3 Å². The Hall–Kier alpha value is -1.35. The van der Waals surface area contributed by atoms with Gasteiger partial charge in [0.15, 0.2) is 0 Å². The molecule has 1 aromatic rings. The van der Waals surface area contributed by atoms with E-state index < -0.39 is 0 Å². The van der Waals surface area contributed by atoms with Crippen LogP contribution in [0.1, 0.15) is 24.5 Å². The Balaban J connectivity index is 1.70. The molecule has 0 saturated carbocycles. The maximum atomic E-state index is 12.3. The van der Waals surface area contributed by atoms with Crippen molar-refractivity contribution in [1.82, 2.24) is 10.2 Å². The third kappa shape index (κ3) is 1.93. The zero-order valence-electron chi connectivity index (χ0n) is 10.9. The highest BCUT2D eigenvalue weighted by molar-refractivity contribution is 5.84. The van der Waals surface area contributed by atoms with E-state index in [9.17, 15) is 4.79 Å². The summed E-state index contributed by atoms with van der Waals surface area (Å²) in [5.41, 5.74) is 2.84. The monoisotopic (exact) mass is 244 g/mol. The molecule has 0 radical (unpaired) electrons. The van der Waals surface area contributed by atoms with Crippen LogP contribution in [0.4, 0.5) is 0 Å². The fourth-order valence-corrected chi connectivity index (χ4v) is 3.26. The Morgan fingerprint density at radius 2 is 1.94 bits per heavy atom. The van der Waals surface area contributed by atoms with Crippen LogP contribution >= 0.6 is 0 Å². The number of amides is 1. The SMILES string of the molecule is CCNC1CCN(C2Cc3ccccc3C2)C1=O. The number of likely N-dealkylation sites (tertiary alicyclic amines) is 1. The molecule has 1 unspecified atom stereocenters. The molecule has 1 fully saturated rings. The molecule has 2 aliphatic rings. The summed E-state index contributed by atoms with van der Waals surface area (Å²) < 4.78 is 0. The minimum absolute atomic E-state index is 0.0544. The van der Waals surface area contributed by atoms with Gasteiger partial charge in [0.25, 0.3) is 0 Å². The molecular formula is C15H20N2O. The molecule has 0 spiro atoms. The highest BCUT2D eigenvalue weighted by atomic mass is 16.2. The van der Waals surface area contributed by atoms with Crippen LogP contribution in [-0.4, -0.2) is 36.0 Å². The van der Waals surface area contributed by atoms with Gasteiger partial charge in [-0.1, -0.05) is 31.2 Å². The second-order valence-corrected chi connectivity index (χ2v) is 5.26. The Morgan fingerprint density at radius 3 is 2.56 bits per heavy atom. The molecule has 96 valence electrons. The molecule has 0 bridgehead atoms. The lowest BCUT2D eigenvalue weighted by atomic mass is 10.1. The lowest BCUT2D eigenvalue weighted by Gasteiger charge is -2.24. The Morgan fingerprint density at radius 1 is 1.28 bits per heavy atom. The molecule has 0 aromatic heterocycles. The van der Waals surface area contributed by atoms with Gasteiger partial charge in [-0.3, -0.25) is 4.79 Å². The summed E-state index contributed by atoms with van der Waals surface area (Å²) in [4.78, 5) is 14.4. The summed E-state index contributed by atoms with van der Waals surface area (Å²) in [6.45, 7) is 3.84. The fourth-order valence-electron chi connectivity index (χ4n) is 3.26. The van der Waals surface area contributed by atoms with Crippen LogP contribution in [0.25, 0.3) is 0 Å². The zero-order valence-corrected chi connectivity index (χ0v) is 10.9. The first-order valence-electron chi connectivity index (χ1n) is 6.90. The summed E-state index contributed by atoms with van der Waals surface area (Å²) >= 11 is 0. The maximum Gasteiger partial charge on any atom is 0.240 e. The normalized spacial score (nSPS) is 23.7. The molecule has 3 rings (SSSR count). The van der Waals surface area contributed by atoms with Crippen molar-refractivity contribution >= 4 is 5.91 Å². The maximum absolute atomic E-state index is 12.3. The van der Waals surface area contributed by atoms with Crippen molar-refractivity contribution in [3.63, 3.8) is 0 Å². The largest absolute Gasteiger partial charge is 0.338 e.